The van der Waals surface area contributed by atoms with Crippen LogP contribution in [0.25, 0.3) is 0 Å². The molecule has 1 saturated carbocycles. The van der Waals surface area contributed by atoms with Crippen LogP contribution < -0.4 is 5.11 Å². The molecular formula is C12H20NO2-. The van der Waals surface area contributed by atoms with Gasteiger partial charge in [-0.25, -0.2) is 0 Å². The summed E-state index contributed by atoms with van der Waals surface area (Å²) < 4.78 is 0. The van der Waals surface area contributed by atoms with Crippen molar-refractivity contribution >= 4 is 11.7 Å². The van der Waals surface area contributed by atoms with E-state index in [2.05, 4.69) is 4.99 Å². The fourth-order valence-corrected chi connectivity index (χ4v) is 2.22. The number of hydrogen-bond acceptors (Lipinski definition) is 3. The molecule has 0 bridgehead atoms. The van der Waals surface area contributed by atoms with Gasteiger partial charge in [-0.05, 0) is 26.2 Å². The number of nitrogens with zero attached hydrogens (tertiary/aromatic N) is 1. The van der Waals surface area contributed by atoms with Crippen molar-refractivity contribution in [3.05, 3.63) is 0 Å². The molecule has 1 unspecified atom stereocenters. The summed E-state index contributed by atoms with van der Waals surface area (Å²) in [6.45, 7) is 3.68. The van der Waals surface area contributed by atoms with Gasteiger partial charge >= 0.3 is 0 Å². The number of hydrogen-bond donors (Lipinski definition) is 0. The predicted molar refractivity (Wildman–Crippen MR) is 58.8 cm³/mol. The van der Waals surface area contributed by atoms with Gasteiger partial charge in [-0.1, -0.05) is 26.2 Å². The monoisotopic (exact) mass is 210 g/mol. The topological polar surface area (TPSA) is 52.5 Å². The average molecular weight is 210 g/mol. The summed E-state index contributed by atoms with van der Waals surface area (Å²) in [5.74, 6) is -1.48. The second-order valence-corrected chi connectivity index (χ2v) is 4.34. The third-order valence-electron chi connectivity index (χ3n) is 3.16. The molecule has 1 atom stereocenters. The van der Waals surface area contributed by atoms with Crippen molar-refractivity contribution in [3.63, 3.8) is 0 Å². The SMILES string of the molecule is CCC(C(=O)[O-])C(C)=NC1CCCCC1. The first-order chi connectivity index (χ1) is 7.15. The van der Waals surface area contributed by atoms with Crippen molar-refractivity contribution < 1.29 is 9.90 Å². The first-order valence-corrected chi connectivity index (χ1v) is 5.90. The Kier molecular flexibility index (Phi) is 4.79. The first-order valence-electron chi connectivity index (χ1n) is 5.90. The van der Waals surface area contributed by atoms with Crippen molar-refractivity contribution in [2.24, 2.45) is 10.9 Å². The highest BCUT2D eigenvalue weighted by Crippen LogP contribution is 2.21. The quantitative estimate of drug-likeness (QED) is 0.661. The summed E-state index contributed by atoms with van der Waals surface area (Å²) in [6, 6.07) is 0.354. The third-order valence-corrected chi connectivity index (χ3v) is 3.16. The lowest BCUT2D eigenvalue weighted by molar-refractivity contribution is -0.308. The fourth-order valence-electron chi connectivity index (χ4n) is 2.22. The molecule has 3 nitrogen and oxygen atoms in total. The van der Waals surface area contributed by atoms with Crippen LogP contribution in [-0.4, -0.2) is 17.7 Å². The Bertz CT molecular complexity index is 242. The normalized spacial score (nSPS) is 21.3. The smallest absolute Gasteiger partial charge is 0.0501 e. The maximum absolute atomic E-state index is 10.8. The van der Waals surface area contributed by atoms with Crippen LogP contribution in [0, 0.1) is 5.92 Å². The Labute approximate surface area is 91.6 Å². The zero-order chi connectivity index (χ0) is 11.3. The molecule has 0 heterocycles. The zero-order valence-corrected chi connectivity index (χ0v) is 9.66. The zero-order valence-electron chi connectivity index (χ0n) is 9.66. The van der Waals surface area contributed by atoms with Gasteiger partial charge in [0.05, 0.1) is 5.97 Å². The minimum Gasteiger partial charge on any atom is -0.549 e. The maximum atomic E-state index is 10.8. The van der Waals surface area contributed by atoms with Gasteiger partial charge in [0.2, 0.25) is 0 Å². The van der Waals surface area contributed by atoms with E-state index in [1.807, 2.05) is 13.8 Å². The van der Waals surface area contributed by atoms with Crippen LogP contribution >= 0.6 is 0 Å². The third kappa shape index (κ3) is 3.65. The van der Waals surface area contributed by atoms with Gasteiger partial charge < -0.3 is 9.90 Å². The summed E-state index contributed by atoms with van der Waals surface area (Å²) in [7, 11) is 0. The van der Waals surface area contributed by atoms with Crippen LogP contribution in [0.3, 0.4) is 0 Å². The standard InChI is InChI=1S/C12H21NO2/c1-3-11(12(14)15)9(2)13-10-7-5-4-6-8-10/h10-11H,3-8H2,1-2H3,(H,14,15)/p-1. The number of carboxylic acid groups (broad SMARTS) is 1. The molecule has 0 N–H and O–H groups in total. The molecule has 0 aliphatic heterocycles. The Morgan fingerprint density at radius 3 is 2.47 bits per heavy atom. The van der Waals surface area contributed by atoms with Crippen LogP contribution in [0.5, 0.6) is 0 Å². The summed E-state index contributed by atoms with van der Waals surface area (Å²) in [5.41, 5.74) is 0.740. The second kappa shape index (κ2) is 5.89. The molecular weight excluding hydrogens is 190 g/mol. The van der Waals surface area contributed by atoms with E-state index in [0.29, 0.717) is 12.5 Å². The molecule has 0 aromatic rings. The lowest BCUT2D eigenvalue weighted by atomic mass is 9.95. The van der Waals surface area contributed by atoms with Crippen molar-refractivity contribution in [2.45, 2.75) is 58.4 Å². The number of carbonyl (C=O) groups is 1. The van der Waals surface area contributed by atoms with Crippen LogP contribution in [0.15, 0.2) is 4.99 Å². The van der Waals surface area contributed by atoms with E-state index in [1.54, 1.807) is 0 Å². The van der Waals surface area contributed by atoms with Gasteiger partial charge in [-0.3, -0.25) is 4.99 Å². The Morgan fingerprint density at radius 1 is 1.40 bits per heavy atom. The summed E-state index contributed by atoms with van der Waals surface area (Å²) in [5, 5.41) is 10.8. The molecule has 1 aliphatic carbocycles. The average Bonchev–Trinajstić information content (AvgIpc) is 2.19. The largest absolute Gasteiger partial charge is 0.549 e. The molecule has 15 heavy (non-hydrogen) atoms. The van der Waals surface area contributed by atoms with E-state index < -0.39 is 11.9 Å². The molecule has 1 rings (SSSR count). The number of carbonyl (C=O) groups excluding carboxylic acids is 1. The summed E-state index contributed by atoms with van der Waals surface area (Å²) in [4.78, 5) is 15.3. The molecule has 0 aromatic heterocycles. The molecule has 0 amide bonds. The first kappa shape index (κ1) is 12.2. The Morgan fingerprint density at radius 2 is 2.00 bits per heavy atom. The molecule has 1 fully saturated rings. The van der Waals surface area contributed by atoms with E-state index in [9.17, 15) is 9.90 Å². The minimum atomic E-state index is -0.991. The van der Waals surface area contributed by atoms with Gasteiger partial charge in [0.1, 0.15) is 0 Å². The lowest BCUT2D eigenvalue weighted by Crippen LogP contribution is -2.35. The number of carboxylic acids is 1. The molecule has 86 valence electrons. The van der Waals surface area contributed by atoms with Gasteiger partial charge in [0.25, 0.3) is 0 Å². The van der Waals surface area contributed by atoms with Crippen molar-refractivity contribution in [1.29, 1.82) is 0 Å². The van der Waals surface area contributed by atoms with Crippen molar-refractivity contribution in [3.8, 4) is 0 Å². The van der Waals surface area contributed by atoms with Crippen LogP contribution in [0.1, 0.15) is 52.4 Å². The van der Waals surface area contributed by atoms with Crippen molar-refractivity contribution in [2.75, 3.05) is 0 Å². The van der Waals surface area contributed by atoms with E-state index in [1.165, 1.54) is 19.3 Å². The van der Waals surface area contributed by atoms with Crippen molar-refractivity contribution in [1.82, 2.24) is 0 Å². The Hall–Kier alpha value is -0.860. The van der Waals surface area contributed by atoms with E-state index in [0.717, 1.165) is 18.6 Å². The fraction of sp³-hybridized carbons (Fsp3) is 0.833. The number of rotatable bonds is 4. The van der Waals surface area contributed by atoms with E-state index in [4.69, 9.17) is 0 Å². The Balaban J connectivity index is 2.59. The number of aliphatic imine (C=N–C) groups is 1. The van der Waals surface area contributed by atoms with Gasteiger partial charge in [-0.2, -0.15) is 0 Å². The van der Waals surface area contributed by atoms with E-state index in [-0.39, 0.29) is 0 Å². The van der Waals surface area contributed by atoms with Crippen LogP contribution in [0.2, 0.25) is 0 Å². The predicted octanol–water partition coefficient (Wildman–Crippen LogP) is 1.56. The molecule has 0 spiro atoms. The number of aliphatic carboxylic acids is 1. The highest BCUT2D eigenvalue weighted by molar-refractivity contribution is 5.99. The molecule has 0 saturated heterocycles. The minimum absolute atomic E-state index is 0.354. The molecule has 0 radical (unpaired) electrons. The van der Waals surface area contributed by atoms with Gasteiger partial charge in [0, 0.05) is 17.7 Å². The lowest BCUT2D eigenvalue weighted by Gasteiger charge is -2.22. The molecule has 0 aromatic carbocycles. The maximum Gasteiger partial charge on any atom is 0.0501 e. The van der Waals surface area contributed by atoms with Gasteiger partial charge in [-0.15, -0.1) is 0 Å². The second-order valence-electron chi connectivity index (χ2n) is 4.34. The summed E-state index contributed by atoms with van der Waals surface area (Å²) in [6.07, 6.45) is 6.54. The summed E-state index contributed by atoms with van der Waals surface area (Å²) >= 11 is 0. The highest BCUT2D eigenvalue weighted by Gasteiger charge is 2.16. The molecule has 1 aliphatic rings. The highest BCUT2D eigenvalue weighted by atomic mass is 16.4. The van der Waals surface area contributed by atoms with Crippen LogP contribution in [0.4, 0.5) is 0 Å². The molecule has 3 heteroatoms. The van der Waals surface area contributed by atoms with E-state index >= 15 is 0 Å². The van der Waals surface area contributed by atoms with Gasteiger partial charge in [0.15, 0.2) is 0 Å². The van der Waals surface area contributed by atoms with Crippen LogP contribution in [-0.2, 0) is 4.79 Å².